The summed E-state index contributed by atoms with van der Waals surface area (Å²) in [7, 11) is 1.50. The van der Waals surface area contributed by atoms with E-state index in [2.05, 4.69) is 15.3 Å². The van der Waals surface area contributed by atoms with Crippen LogP contribution in [0.25, 0.3) is 33.9 Å². The van der Waals surface area contributed by atoms with E-state index in [1.807, 2.05) is 62.4 Å². The first-order valence-electron chi connectivity index (χ1n) is 12.9. The quantitative estimate of drug-likeness (QED) is 0.183. The van der Waals surface area contributed by atoms with Gasteiger partial charge in [0.25, 0.3) is 0 Å². The minimum absolute atomic E-state index is 0.0726. The number of benzene rings is 3. The van der Waals surface area contributed by atoms with Gasteiger partial charge in [0.15, 0.2) is 5.82 Å². The molecule has 0 atom stereocenters. The fourth-order valence-corrected chi connectivity index (χ4v) is 4.82. The third-order valence-electron chi connectivity index (χ3n) is 7.11. The van der Waals surface area contributed by atoms with Crippen LogP contribution in [0, 0.1) is 13.8 Å². The third kappa shape index (κ3) is 5.30. The van der Waals surface area contributed by atoms with Gasteiger partial charge in [0.05, 0.1) is 20.3 Å². The molecule has 3 N–H and O–H groups in total. The Bertz CT molecular complexity index is 1730. The predicted octanol–water partition coefficient (Wildman–Crippen LogP) is 7.12. The topological polar surface area (TPSA) is 87.5 Å². The van der Waals surface area contributed by atoms with E-state index in [9.17, 15) is 10.2 Å². The third-order valence-corrected chi connectivity index (χ3v) is 7.11. The molecule has 0 saturated carbocycles. The zero-order chi connectivity index (χ0) is 28.2. The van der Waals surface area contributed by atoms with Gasteiger partial charge >= 0.3 is 0 Å². The number of nitrogens with zero attached hydrogens (tertiary/aromatic N) is 2. The number of hydrogen-bond acceptors (Lipinski definition) is 6. The van der Waals surface area contributed by atoms with Gasteiger partial charge in [0, 0.05) is 34.6 Å². The lowest BCUT2D eigenvalue weighted by atomic mass is 9.92. The Balaban J connectivity index is 1.49. The number of halogens is 1. The number of ether oxygens (including phenoxy) is 1. The monoisotopic (exact) mass is 535 g/mol. The molecule has 0 unspecified atom stereocenters. The molecule has 0 bridgehead atoms. The van der Waals surface area contributed by atoms with Gasteiger partial charge in [-0.25, -0.2) is 9.37 Å². The second-order valence-electron chi connectivity index (χ2n) is 9.53. The first-order valence-corrected chi connectivity index (χ1v) is 12.9. The molecule has 0 fully saturated rings. The first-order chi connectivity index (χ1) is 19.4. The van der Waals surface area contributed by atoms with Gasteiger partial charge in [-0.15, -0.1) is 0 Å². The van der Waals surface area contributed by atoms with E-state index in [1.165, 1.54) is 13.2 Å². The lowest BCUT2D eigenvalue weighted by Gasteiger charge is -2.16. The fourth-order valence-electron chi connectivity index (χ4n) is 4.82. The van der Waals surface area contributed by atoms with Crippen molar-refractivity contribution < 1.29 is 19.3 Å². The average Bonchev–Trinajstić information content (AvgIpc) is 2.98. The zero-order valence-corrected chi connectivity index (χ0v) is 22.6. The first kappa shape index (κ1) is 27.0. The fraction of sp³-hybridized carbons (Fsp3) is 0.152. The maximum atomic E-state index is 15.4. The van der Waals surface area contributed by atoms with Gasteiger partial charge in [0.2, 0.25) is 0 Å². The van der Waals surface area contributed by atoms with Crippen LogP contribution in [0.15, 0.2) is 79.1 Å². The van der Waals surface area contributed by atoms with Crippen LogP contribution in [0.3, 0.4) is 0 Å². The molecule has 40 heavy (non-hydrogen) atoms. The maximum Gasteiger partial charge on any atom is 0.156 e. The Hall–Kier alpha value is -4.59. The molecule has 2 heterocycles. The highest BCUT2D eigenvalue weighted by Gasteiger charge is 2.14. The van der Waals surface area contributed by atoms with Crippen molar-refractivity contribution in [3.05, 3.63) is 113 Å². The van der Waals surface area contributed by atoms with Gasteiger partial charge in [-0.2, -0.15) is 0 Å². The van der Waals surface area contributed by atoms with E-state index in [4.69, 9.17) is 4.74 Å². The van der Waals surface area contributed by atoms with Crippen molar-refractivity contribution >= 4 is 34.3 Å². The number of fused-ring (bicyclic) bond motifs is 1. The highest BCUT2D eigenvalue weighted by molar-refractivity contribution is 5.91. The Morgan fingerprint density at radius 1 is 0.925 bits per heavy atom. The molecular weight excluding hydrogens is 505 g/mol. The van der Waals surface area contributed by atoms with Gasteiger partial charge in [-0.05, 0) is 77.6 Å². The molecule has 2 aromatic heterocycles. The van der Waals surface area contributed by atoms with Gasteiger partial charge in [0.1, 0.15) is 17.1 Å². The predicted molar refractivity (Wildman–Crippen MR) is 158 cm³/mol. The van der Waals surface area contributed by atoms with E-state index in [-0.39, 0.29) is 13.2 Å². The summed E-state index contributed by atoms with van der Waals surface area (Å²) in [6, 6.07) is 20.5. The van der Waals surface area contributed by atoms with Crippen LogP contribution in [-0.2, 0) is 13.2 Å². The number of methoxy groups -OCH3 is 1. The molecular formula is C33H30FN3O3. The molecule has 0 radical (unpaired) electrons. The standard InChI is InChI=1S/C33H30FN3O3/c1-20-23(15-29(34)24-10-11-26(19-39)31(16-24)40-3)6-4-7-27(20)28-8-5-9-30(21(28)2)37-33-32-25(12-13-35-33)14-22(18-38)17-36-32/h4-17,38-39H,18-19H2,1-3H3,(H,35,37). The number of hydrogen-bond donors (Lipinski definition) is 3. The van der Waals surface area contributed by atoms with Crippen molar-refractivity contribution in [2.45, 2.75) is 27.1 Å². The number of anilines is 2. The smallest absolute Gasteiger partial charge is 0.156 e. The second-order valence-corrected chi connectivity index (χ2v) is 9.53. The maximum absolute atomic E-state index is 15.4. The van der Waals surface area contributed by atoms with Crippen LogP contribution in [0.4, 0.5) is 15.9 Å². The molecule has 7 heteroatoms. The van der Waals surface area contributed by atoms with E-state index in [0.717, 1.165) is 44.5 Å². The summed E-state index contributed by atoms with van der Waals surface area (Å²) < 4.78 is 20.7. The number of rotatable bonds is 8. The number of pyridine rings is 2. The normalized spacial score (nSPS) is 11.6. The number of nitrogens with one attached hydrogen (secondary N) is 1. The van der Waals surface area contributed by atoms with Crippen LogP contribution in [0.2, 0.25) is 0 Å². The summed E-state index contributed by atoms with van der Waals surface area (Å²) in [4.78, 5) is 9.02. The van der Waals surface area contributed by atoms with Crippen molar-refractivity contribution in [1.29, 1.82) is 0 Å². The van der Waals surface area contributed by atoms with Crippen LogP contribution < -0.4 is 10.1 Å². The second kappa shape index (κ2) is 11.7. The largest absolute Gasteiger partial charge is 0.496 e. The summed E-state index contributed by atoms with van der Waals surface area (Å²) in [5, 5.41) is 23.2. The SMILES string of the molecule is COc1cc(C(F)=Cc2cccc(-c3cccc(Nc4nccc5cc(CO)cnc45)c3C)c2C)ccc1CO. The van der Waals surface area contributed by atoms with Crippen molar-refractivity contribution in [3.8, 4) is 16.9 Å². The molecule has 5 rings (SSSR count). The van der Waals surface area contributed by atoms with Crippen LogP contribution >= 0.6 is 0 Å². The van der Waals surface area contributed by atoms with Crippen LogP contribution in [0.5, 0.6) is 5.75 Å². The Morgan fingerprint density at radius 2 is 1.70 bits per heavy atom. The molecule has 0 aliphatic heterocycles. The van der Waals surface area contributed by atoms with E-state index in [1.54, 1.807) is 30.6 Å². The minimum atomic E-state index is -0.394. The number of aliphatic hydroxyl groups excluding tert-OH is 2. The van der Waals surface area contributed by atoms with Crippen molar-refractivity contribution in [2.24, 2.45) is 0 Å². The Kier molecular flexibility index (Phi) is 7.86. The molecule has 0 amide bonds. The van der Waals surface area contributed by atoms with Crippen LogP contribution in [-0.4, -0.2) is 27.3 Å². The molecule has 3 aromatic carbocycles. The van der Waals surface area contributed by atoms with Gasteiger partial charge in [-0.1, -0.05) is 42.5 Å². The highest BCUT2D eigenvalue weighted by Crippen LogP contribution is 2.35. The minimum Gasteiger partial charge on any atom is -0.496 e. The highest BCUT2D eigenvalue weighted by atomic mass is 19.1. The van der Waals surface area contributed by atoms with Crippen molar-refractivity contribution in [3.63, 3.8) is 0 Å². The molecule has 202 valence electrons. The molecule has 5 aromatic rings. The molecule has 6 nitrogen and oxygen atoms in total. The number of aliphatic hydroxyl groups is 2. The Morgan fingerprint density at radius 3 is 2.45 bits per heavy atom. The average molecular weight is 536 g/mol. The molecule has 0 spiro atoms. The van der Waals surface area contributed by atoms with Crippen molar-refractivity contribution in [2.75, 3.05) is 12.4 Å². The van der Waals surface area contributed by atoms with Gasteiger partial charge < -0.3 is 20.3 Å². The summed E-state index contributed by atoms with van der Waals surface area (Å²) in [5.41, 5.74) is 8.05. The summed E-state index contributed by atoms with van der Waals surface area (Å²) in [5.74, 6) is 0.674. The van der Waals surface area contributed by atoms with Crippen molar-refractivity contribution in [1.82, 2.24) is 9.97 Å². The Labute approximate surface area is 232 Å². The van der Waals surface area contributed by atoms with E-state index < -0.39 is 5.83 Å². The zero-order valence-electron chi connectivity index (χ0n) is 22.6. The molecule has 0 saturated heterocycles. The van der Waals surface area contributed by atoms with Crippen LogP contribution in [0.1, 0.15) is 33.4 Å². The molecule has 0 aliphatic rings. The van der Waals surface area contributed by atoms with Gasteiger partial charge in [-0.3, -0.25) is 4.98 Å². The summed E-state index contributed by atoms with van der Waals surface area (Å²) >= 11 is 0. The lowest BCUT2D eigenvalue weighted by molar-refractivity contribution is 0.273. The van der Waals surface area contributed by atoms with E-state index in [0.29, 0.717) is 28.2 Å². The summed E-state index contributed by atoms with van der Waals surface area (Å²) in [6.07, 6.45) is 4.89. The lowest BCUT2D eigenvalue weighted by Crippen LogP contribution is -2.00. The molecule has 0 aliphatic carbocycles. The number of aromatic nitrogens is 2. The van der Waals surface area contributed by atoms with E-state index >= 15 is 4.39 Å². The summed E-state index contributed by atoms with van der Waals surface area (Å²) in [6.45, 7) is 3.77.